The number of rotatable bonds is 7. The van der Waals surface area contributed by atoms with E-state index in [1.807, 2.05) is 18.2 Å². The molecule has 7 heteroatoms. The average molecular weight is 433 g/mol. The van der Waals surface area contributed by atoms with Crippen molar-refractivity contribution in [1.82, 2.24) is 0 Å². The Labute approximate surface area is 179 Å². The quantitative estimate of drug-likeness (QED) is 0.568. The van der Waals surface area contributed by atoms with Crippen LogP contribution >= 0.6 is 0 Å². The Morgan fingerprint density at radius 1 is 0.933 bits per heavy atom. The highest BCUT2D eigenvalue weighted by atomic mass is 28.3. The Morgan fingerprint density at radius 3 is 1.93 bits per heavy atom. The van der Waals surface area contributed by atoms with E-state index in [0.29, 0.717) is 5.75 Å². The van der Waals surface area contributed by atoms with Gasteiger partial charge in [-0.15, -0.1) is 0 Å². The smallest absolute Gasteiger partial charge is 0.303 e. The van der Waals surface area contributed by atoms with Crippen LogP contribution in [0.1, 0.15) is 39.2 Å². The molecule has 0 spiro atoms. The van der Waals surface area contributed by atoms with Gasteiger partial charge in [0.15, 0.2) is 0 Å². The number of aliphatic carboxylic acids is 2. The SMILES string of the molecule is CC(C)(C)c1cc(OC[Si](C)(C)c2ccccc2)ccc1O.O=C(O)CCC(=O)O. The topological polar surface area (TPSA) is 104 Å². The maximum atomic E-state index is 10.0. The molecule has 0 fully saturated rings. The van der Waals surface area contributed by atoms with E-state index in [1.54, 1.807) is 6.07 Å². The van der Waals surface area contributed by atoms with E-state index in [0.717, 1.165) is 17.5 Å². The van der Waals surface area contributed by atoms with Crippen LogP contribution in [0.15, 0.2) is 48.5 Å². The fourth-order valence-electron chi connectivity index (χ4n) is 2.66. The molecule has 0 heterocycles. The summed E-state index contributed by atoms with van der Waals surface area (Å²) in [7, 11) is -1.62. The molecule has 3 N–H and O–H groups in total. The molecule has 0 radical (unpaired) electrons. The molecule has 0 atom stereocenters. The van der Waals surface area contributed by atoms with Crippen molar-refractivity contribution in [3.05, 3.63) is 54.1 Å². The number of carboxylic acid groups (broad SMARTS) is 2. The van der Waals surface area contributed by atoms with Gasteiger partial charge in [-0.3, -0.25) is 9.59 Å². The Bertz CT molecular complexity index is 827. The van der Waals surface area contributed by atoms with Gasteiger partial charge in [0.1, 0.15) is 19.6 Å². The van der Waals surface area contributed by atoms with Gasteiger partial charge >= 0.3 is 11.9 Å². The Morgan fingerprint density at radius 2 is 1.47 bits per heavy atom. The van der Waals surface area contributed by atoms with Crippen LogP contribution in [0.4, 0.5) is 0 Å². The van der Waals surface area contributed by atoms with Gasteiger partial charge in [0.2, 0.25) is 0 Å². The molecule has 0 saturated heterocycles. The molecule has 0 aliphatic rings. The van der Waals surface area contributed by atoms with E-state index < -0.39 is 20.0 Å². The molecule has 2 aromatic rings. The minimum absolute atomic E-state index is 0.101. The maximum absolute atomic E-state index is 10.0. The van der Waals surface area contributed by atoms with Crippen LogP contribution < -0.4 is 9.92 Å². The monoisotopic (exact) mass is 432 g/mol. The molecule has 0 aliphatic heterocycles. The van der Waals surface area contributed by atoms with E-state index in [2.05, 4.69) is 58.1 Å². The highest BCUT2D eigenvalue weighted by Crippen LogP contribution is 2.33. The maximum Gasteiger partial charge on any atom is 0.303 e. The van der Waals surface area contributed by atoms with Crippen LogP contribution in [0.2, 0.25) is 13.1 Å². The van der Waals surface area contributed by atoms with Gasteiger partial charge in [0.05, 0.1) is 19.1 Å². The molecule has 0 saturated carbocycles. The normalized spacial score (nSPS) is 11.2. The van der Waals surface area contributed by atoms with Gasteiger partial charge in [-0.05, 0) is 23.6 Å². The molecule has 6 nitrogen and oxygen atoms in total. The summed E-state index contributed by atoms with van der Waals surface area (Å²) in [5.74, 6) is -0.988. The molecule has 0 unspecified atom stereocenters. The predicted octanol–water partition coefficient (Wildman–Crippen LogP) is 4.16. The number of hydrogen-bond donors (Lipinski definition) is 3. The van der Waals surface area contributed by atoms with Crippen LogP contribution in [0.25, 0.3) is 0 Å². The Kier molecular flexibility index (Phi) is 9.11. The number of carboxylic acids is 2. The fourth-order valence-corrected chi connectivity index (χ4v) is 4.44. The number of carbonyl (C=O) groups is 2. The lowest BCUT2D eigenvalue weighted by atomic mass is 9.86. The van der Waals surface area contributed by atoms with E-state index in [4.69, 9.17) is 14.9 Å². The van der Waals surface area contributed by atoms with Crippen molar-refractivity contribution in [2.75, 3.05) is 6.23 Å². The standard InChI is InChI=1S/C19H26O2Si.C4H6O4/c1-19(2,3)17-13-15(11-12-18(17)20)21-14-22(4,5)16-9-7-6-8-10-16;5-3(6)1-2-4(7)8/h6-13,20H,14H2,1-5H3;1-2H2,(H,5,6)(H,7,8). The molecular weight excluding hydrogens is 400 g/mol. The zero-order chi connectivity index (χ0) is 22.9. The van der Waals surface area contributed by atoms with Crippen molar-refractivity contribution >= 4 is 25.2 Å². The lowest BCUT2D eigenvalue weighted by Crippen LogP contribution is -2.47. The Hall–Kier alpha value is -2.80. The number of aromatic hydroxyl groups is 1. The van der Waals surface area contributed by atoms with E-state index >= 15 is 0 Å². The molecular formula is C23H32O6Si. The van der Waals surface area contributed by atoms with E-state index in [-0.39, 0.29) is 18.3 Å². The van der Waals surface area contributed by atoms with Gasteiger partial charge in [0, 0.05) is 5.56 Å². The summed E-state index contributed by atoms with van der Waals surface area (Å²) in [5, 5.41) is 27.2. The third-order valence-corrected chi connectivity index (χ3v) is 7.25. The van der Waals surface area contributed by atoms with Crippen molar-refractivity contribution in [1.29, 1.82) is 0 Å². The summed E-state index contributed by atoms with van der Waals surface area (Å²) in [6.45, 7) is 10.9. The first-order valence-electron chi connectivity index (χ1n) is 9.78. The van der Waals surface area contributed by atoms with Crippen LogP contribution in [0.5, 0.6) is 11.5 Å². The van der Waals surface area contributed by atoms with Crippen molar-refractivity contribution in [3.8, 4) is 11.5 Å². The van der Waals surface area contributed by atoms with Crippen LogP contribution in [-0.4, -0.2) is 41.6 Å². The van der Waals surface area contributed by atoms with Gasteiger partial charge in [-0.25, -0.2) is 0 Å². The fraction of sp³-hybridized carbons (Fsp3) is 0.391. The Balaban J connectivity index is 0.000000479. The molecule has 30 heavy (non-hydrogen) atoms. The number of ether oxygens (including phenoxy) is 1. The van der Waals surface area contributed by atoms with Crippen LogP contribution in [0, 0.1) is 0 Å². The summed E-state index contributed by atoms with van der Waals surface area (Å²) in [6.07, 6.45) is 0.135. The van der Waals surface area contributed by atoms with E-state index in [9.17, 15) is 14.7 Å². The molecule has 0 aromatic heterocycles. The predicted molar refractivity (Wildman–Crippen MR) is 120 cm³/mol. The van der Waals surface area contributed by atoms with Gasteiger partial charge in [0.25, 0.3) is 0 Å². The van der Waals surface area contributed by atoms with Crippen LogP contribution in [-0.2, 0) is 15.0 Å². The second kappa shape index (κ2) is 10.8. The molecule has 164 valence electrons. The van der Waals surface area contributed by atoms with Gasteiger partial charge in [-0.1, -0.05) is 69.4 Å². The summed E-state index contributed by atoms with van der Waals surface area (Å²) in [5.41, 5.74) is 0.819. The third kappa shape index (κ3) is 8.69. The molecule has 0 aliphatic carbocycles. The summed E-state index contributed by atoms with van der Waals surface area (Å²) in [4.78, 5) is 19.3. The zero-order valence-corrected chi connectivity index (χ0v) is 19.3. The third-order valence-electron chi connectivity index (χ3n) is 4.48. The number of hydrogen-bond acceptors (Lipinski definition) is 4. The van der Waals surface area contributed by atoms with Crippen molar-refractivity contribution in [2.45, 2.75) is 52.1 Å². The average Bonchev–Trinajstić information content (AvgIpc) is 2.66. The summed E-state index contributed by atoms with van der Waals surface area (Å²) in [6, 6.07) is 16.1. The summed E-state index contributed by atoms with van der Waals surface area (Å²) < 4.78 is 6.07. The first-order chi connectivity index (χ1) is 13.8. The van der Waals surface area contributed by atoms with Gasteiger partial charge in [-0.2, -0.15) is 0 Å². The number of phenolic OH excluding ortho intramolecular Hbond substituents is 1. The highest BCUT2D eigenvalue weighted by molar-refractivity contribution is 6.89. The minimum Gasteiger partial charge on any atom is -0.508 e. The lowest BCUT2D eigenvalue weighted by Gasteiger charge is -2.25. The second-order valence-corrected chi connectivity index (χ2v) is 13.4. The first kappa shape index (κ1) is 25.2. The summed E-state index contributed by atoms with van der Waals surface area (Å²) >= 11 is 0. The second-order valence-electron chi connectivity index (χ2n) is 8.76. The van der Waals surface area contributed by atoms with Crippen molar-refractivity contribution in [2.24, 2.45) is 0 Å². The largest absolute Gasteiger partial charge is 0.508 e. The number of benzene rings is 2. The van der Waals surface area contributed by atoms with Crippen molar-refractivity contribution < 1.29 is 29.6 Å². The molecule has 2 rings (SSSR count). The van der Waals surface area contributed by atoms with Crippen molar-refractivity contribution in [3.63, 3.8) is 0 Å². The number of phenols is 1. The highest BCUT2D eigenvalue weighted by Gasteiger charge is 2.25. The van der Waals surface area contributed by atoms with E-state index in [1.165, 1.54) is 5.19 Å². The lowest BCUT2D eigenvalue weighted by molar-refractivity contribution is -0.143. The molecule has 0 amide bonds. The minimum atomic E-state index is -1.62. The zero-order valence-electron chi connectivity index (χ0n) is 18.3. The van der Waals surface area contributed by atoms with Crippen LogP contribution in [0.3, 0.4) is 0 Å². The molecule has 0 bridgehead atoms. The molecule has 2 aromatic carbocycles. The van der Waals surface area contributed by atoms with Gasteiger partial charge < -0.3 is 20.1 Å². The first-order valence-corrected chi connectivity index (χ1v) is 13.0.